The lowest BCUT2D eigenvalue weighted by Gasteiger charge is -2.28. The van der Waals surface area contributed by atoms with Gasteiger partial charge in [0.2, 0.25) is 0 Å². The Hall–Kier alpha value is -0.830. The zero-order valence-electron chi connectivity index (χ0n) is 10.1. The summed E-state index contributed by atoms with van der Waals surface area (Å²) in [5.74, 6) is 0.978. The van der Waals surface area contributed by atoms with Crippen molar-refractivity contribution in [1.29, 1.82) is 0 Å². The second-order valence-corrected chi connectivity index (χ2v) is 4.94. The zero-order chi connectivity index (χ0) is 11.4. The van der Waals surface area contributed by atoms with Crippen molar-refractivity contribution in [1.82, 2.24) is 4.90 Å². The minimum absolute atomic E-state index is 0.0142. The predicted octanol–water partition coefficient (Wildman–Crippen LogP) is 2.33. The molecular formula is C13H21NO2. The number of carbonyl (C=O) groups excluding carboxylic acids is 1. The SMILES string of the molecule is CN1CCCC(C(=O)OC2=CCCCC2)C1. The van der Waals surface area contributed by atoms with Crippen molar-refractivity contribution >= 4 is 5.97 Å². The number of likely N-dealkylation sites (tertiary alicyclic amines) is 1. The average Bonchev–Trinajstić information content (AvgIpc) is 2.30. The molecule has 90 valence electrons. The van der Waals surface area contributed by atoms with Crippen LogP contribution in [-0.4, -0.2) is 31.0 Å². The minimum atomic E-state index is -0.0142. The summed E-state index contributed by atoms with van der Waals surface area (Å²) in [5, 5.41) is 0. The summed E-state index contributed by atoms with van der Waals surface area (Å²) in [4.78, 5) is 14.1. The monoisotopic (exact) mass is 223 g/mol. The third-order valence-electron chi connectivity index (χ3n) is 3.44. The first-order valence-electron chi connectivity index (χ1n) is 6.35. The molecule has 1 atom stereocenters. The molecule has 1 unspecified atom stereocenters. The summed E-state index contributed by atoms with van der Waals surface area (Å²) < 4.78 is 5.47. The maximum atomic E-state index is 11.9. The molecule has 0 amide bonds. The van der Waals surface area contributed by atoms with Crippen LogP contribution in [0.4, 0.5) is 0 Å². The molecule has 0 aromatic rings. The van der Waals surface area contributed by atoms with E-state index in [4.69, 9.17) is 4.74 Å². The van der Waals surface area contributed by atoms with Crippen LogP contribution >= 0.6 is 0 Å². The molecule has 3 nitrogen and oxygen atoms in total. The molecule has 0 N–H and O–H groups in total. The van der Waals surface area contributed by atoms with Gasteiger partial charge in [-0.1, -0.05) is 0 Å². The number of rotatable bonds is 2. The summed E-state index contributed by atoms with van der Waals surface area (Å²) in [6, 6.07) is 0. The van der Waals surface area contributed by atoms with Crippen molar-refractivity contribution in [2.45, 2.75) is 38.5 Å². The minimum Gasteiger partial charge on any atom is -0.431 e. The highest BCUT2D eigenvalue weighted by molar-refractivity contribution is 5.73. The molecular weight excluding hydrogens is 202 g/mol. The van der Waals surface area contributed by atoms with Gasteiger partial charge in [-0.05, 0) is 51.8 Å². The van der Waals surface area contributed by atoms with Gasteiger partial charge in [0.15, 0.2) is 0 Å². The van der Waals surface area contributed by atoms with Crippen LogP contribution in [0.1, 0.15) is 38.5 Å². The standard InChI is InChI=1S/C13H21NO2/c1-14-9-5-6-11(10-14)13(15)16-12-7-3-2-4-8-12/h7,11H,2-6,8-10H2,1H3. The van der Waals surface area contributed by atoms with Gasteiger partial charge in [-0.25, -0.2) is 0 Å². The number of nitrogens with zero attached hydrogens (tertiary/aromatic N) is 1. The highest BCUT2D eigenvalue weighted by atomic mass is 16.5. The van der Waals surface area contributed by atoms with Gasteiger partial charge in [0.1, 0.15) is 5.76 Å². The number of piperidine rings is 1. The summed E-state index contributed by atoms with van der Waals surface area (Å²) >= 11 is 0. The van der Waals surface area contributed by atoms with Gasteiger partial charge in [-0.3, -0.25) is 4.79 Å². The number of allylic oxidation sites excluding steroid dienone is 2. The normalized spacial score (nSPS) is 27.3. The van der Waals surface area contributed by atoms with E-state index in [-0.39, 0.29) is 11.9 Å². The molecule has 0 radical (unpaired) electrons. The lowest BCUT2D eigenvalue weighted by atomic mass is 9.98. The van der Waals surface area contributed by atoms with E-state index in [0.29, 0.717) is 0 Å². The highest BCUT2D eigenvalue weighted by Gasteiger charge is 2.26. The van der Waals surface area contributed by atoms with E-state index in [0.717, 1.165) is 51.0 Å². The molecule has 1 aliphatic heterocycles. The number of ether oxygens (including phenoxy) is 1. The van der Waals surface area contributed by atoms with E-state index < -0.39 is 0 Å². The van der Waals surface area contributed by atoms with Gasteiger partial charge < -0.3 is 9.64 Å². The van der Waals surface area contributed by atoms with Crippen molar-refractivity contribution < 1.29 is 9.53 Å². The fraction of sp³-hybridized carbons (Fsp3) is 0.769. The molecule has 1 heterocycles. The van der Waals surface area contributed by atoms with Gasteiger partial charge in [-0.15, -0.1) is 0 Å². The second kappa shape index (κ2) is 5.48. The highest BCUT2D eigenvalue weighted by Crippen LogP contribution is 2.22. The van der Waals surface area contributed by atoms with Crippen LogP contribution in [0.3, 0.4) is 0 Å². The third-order valence-corrected chi connectivity index (χ3v) is 3.44. The molecule has 3 heteroatoms. The smallest absolute Gasteiger partial charge is 0.315 e. The number of hydrogen-bond acceptors (Lipinski definition) is 3. The Morgan fingerprint density at radius 2 is 2.31 bits per heavy atom. The topological polar surface area (TPSA) is 29.5 Å². The molecule has 0 saturated carbocycles. The summed E-state index contributed by atoms with van der Waals surface area (Å²) in [5.41, 5.74) is 0. The molecule has 16 heavy (non-hydrogen) atoms. The number of hydrogen-bond donors (Lipinski definition) is 0. The molecule has 1 saturated heterocycles. The molecule has 2 rings (SSSR count). The lowest BCUT2D eigenvalue weighted by Crippen LogP contribution is -2.36. The Labute approximate surface area is 97.5 Å². The Morgan fingerprint density at radius 3 is 3.00 bits per heavy atom. The maximum absolute atomic E-state index is 11.9. The van der Waals surface area contributed by atoms with Crippen LogP contribution in [0.25, 0.3) is 0 Å². The molecule has 2 aliphatic rings. The first kappa shape index (κ1) is 11.6. The van der Waals surface area contributed by atoms with Crippen LogP contribution < -0.4 is 0 Å². The third kappa shape index (κ3) is 3.08. The van der Waals surface area contributed by atoms with Gasteiger partial charge in [0.05, 0.1) is 5.92 Å². The van der Waals surface area contributed by atoms with E-state index in [1.54, 1.807) is 0 Å². The van der Waals surface area contributed by atoms with Crippen molar-refractivity contribution in [2.24, 2.45) is 5.92 Å². The maximum Gasteiger partial charge on any atom is 0.315 e. The first-order valence-corrected chi connectivity index (χ1v) is 6.35. The van der Waals surface area contributed by atoms with Crippen LogP contribution in [0.15, 0.2) is 11.8 Å². The van der Waals surface area contributed by atoms with Crippen LogP contribution in [0.2, 0.25) is 0 Å². The summed E-state index contributed by atoms with van der Waals surface area (Å²) in [6.45, 7) is 1.96. The van der Waals surface area contributed by atoms with E-state index in [2.05, 4.69) is 18.0 Å². The van der Waals surface area contributed by atoms with Crippen molar-refractivity contribution in [2.75, 3.05) is 20.1 Å². The van der Waals surface area contributed by atoms with Crippen LogP contribution in [0, 0.1) is 5.92 Å². The fourth-order valence-electron chi connectivity index (χ4n) is 2.47. The van der Waals surface area contributed by atoms with E-state index in [1.165, 1.54) is 6.42 Å². The van der Waals surface area contributed by atoms with E-state index in [1.807, 2.05) is 0 Å². The zero-order valence-corrected chi connectivity index (χ0v) is 10.1. The number of esters is 1. The number of carbonyl (C=O) groups is 1. The second-order valence-electron chi connectivity index (χ2n) is 4.94. The van der Waals surface area contributed by atoms with Gasteiger partial charge in [0.25, 0.3) is 0 Å². The Morgan fingerprint density at radius 1 is 1.44 bits per heavy atom. The van der Waals surface area contributed by atoms with E-state index >= 15 is 0 Å². The molecule has 0 bridgehead atoms. The van der Waals surface area contributed by atoms with Gasteiger partial charge in [-0.2, -0.15) is 0 Å². The molecule has 0 aromatic carbocycles. The lowest BCUT2D eigenvalue weighted by molar-refractivity contribution is -0.146. The van der Waals surface area contributed by atoms with Crippen molar-refractivity contribution in [3.63, 3.8) is 0 Å². The quantitative estimate of drug-likeness (QED) is 0.673. The van der Waals surface area contributed by atoms with Crippen LogP contribution in [0.5, 0.6) is 0 Å². The van der Waals surface area contributed by atoms with Crippen molar-refractivity contribution in [3.05, 3.63) is 11.8 Å². The Bertz CT molecular complexity index is 286. The summed E-state index contributed by atoms with van der Waals surface area (Å²) in [6.07, 6.45) is 8.55. The first-order chi connectivity index (χ1) is 7.75. The fourth-order valence-corrected chi connectivity index (χ4v) is 2.47. The Balaban J connectivity index is 1.84. The molecule has 1 fully saturated rings. The van der Waals surface area contributed by atoms with Crippen LogP contribution in [-0.2, 0) is 9.53 Å². The largest absolute Gasteiger partial charge is 0.431 e. The van der Waals surface area contributed by atoms with Gasteiger partial charge in [0, 0.05) is 13.0 Å². The molecule has 0 aromatic heterocycles. The molecule has 1 aliphatic carbocycles. The van der Waals surface area contributed by atoms with Crippen molar-refractivity contribution in [3.8, 4) is 0 Å². The average molecular weight is 223 g/mol. The Kier molecular flexibility index (Phi) is 3.99. The van der Waals surface area contributed by atoms with Gasteiger partial charge >= 0.3 is 5.97 Å². The molecule has 0 spiro atoms. The summed E-state index contributed by atoms with van der Waals surface area (Å²) in [7, 11) is 2.07. The van der Waals surface area contributed by atoms with E-state index in [9.17, 15) is 4.79 Å². The predicted molar refractivity (Wildman–Crippen MR) is 62.9 cm³/mol.